The number of hydrogen-bond donors (Lipinski definition) is 1. The third kappa shape index (κ3) is 5.78. The van der Waals surface area contributed by atoms with Gasteiger partial charge in [0.05, 0.1) is 12.0 Å². The highest BCUT2D eigenvalue weighted by atomic mass is 16.5. The first kappa shape index (κ1) is 23.0. The van der Waals surface area contributed by atoms with Crippen LogP contribution in [0.5, 0.6) is 5.75 Å². The van der Waals surface area contributed by atoms with Crippen LogP contribution < -0.4 is 4.74 Å². The molecule has 0 saturated carbocycles. The Kier molecular flexibility index (Phi) is 7.17. The Hall–Kier alpha value is -4.20. The summed E-state index contributed by atoms with van der Waals surface area (Å²) in [6.07, 6.45) is 3.67. The number of aromatic nitrogens is 1. The summed E-state index contributed by atoms with van der Waals surface area (Å²) < 4.78 is 5.79. The van der Waals surface area contributed by atoms with Crippen molar-refractivity contribution in [3.63, 3.8) is 0 Å². The molecule has 1 aliphatic heterocycles. The maximum absolute atomic E-state index is 13.0. The van der Waals surface area contributed by atoms with Gasteiger partial charge in [-0.05, 0) is 47.5 Å². The molecule has 1 aliphatic rings. The first-order chi connectivity index (χ1) is 16.5. The lowest BCUT2D eigenvalue weighted by atomic mass is 10.1. The van der Waals surface area contributed by atoms with Crippen LogP contribution in [0.2, 0.25) is 0 Å². The standard InChI is InChI=1S/C26H25N3O5/c30-24(15-19-5-3-9-27-17-19)28-10-12-29(13-11-28)25(31)21-6-2-8-23(16-21)34-18-20-4-1-7-22(14-20)26(32)33/h1-9,14,16-17H,10-13,15,18H2,(H,32,33). The SMILES string of the molecule is O=C(O)c1cccc(COc2cccc(C(=O)N3CCN(C(=O)Cc4cccnc4)CC3)c2)c1. The molecule has 0 radical (unpaired) electrons. The van der Waals surface area contributed by atoms with Gasteiger partial charge in [-0.2, -0.15) is 0 Å². The minimum absolute atomic E-state index is 0.0301. The van der Waals surface area contributed by atoms with E-state index in [1.807, 2.05) is 12.1 Å². The molecule has 1 fully saturated rings. The summed E-state index contributed by atoms with van der Waals surface area (Å²) >= 11 is 0. The van der Waals surface area contributed by atoms with Crippen LogP contribution in [0.15, 0.2) is 73.1 Å². The molecule has 0 unspecified atom stereocenters. The van der Waals surface area contributed by atoms with Gasteiger partial charge < -0.3 is 19.6 Å². The summed E-state index contributed by atoms with van der Waals surface area (Å²) in [4.78, 5) is 44.2. The van der Waals surface area contributed by atoms with E-state index < -0.39 is 5.97 Å². The number of ether oxygens (including phenoxy) is 1. The lowest BCUT2D eigenvalue weighted by molar-refractivity contribution is -0.131. The second-order valence-corrected chi connectivity index (χ2v) is 8.03. The highest BCUT2D eigenvalue weighted by Crippen LogP contribution is 2.18. The average Bonchev–Trinajstić information content (AvgIpc) is 2.88. The number of nitrogens with zero attached hydrogens (tertiary/aromatic N) is 3. The number of amides is 2. The Labute approximate surface area is 197 Å². The lowest BCUT2D eigenvalue weighted by Crippen LogP contribution is -2.51. The van der Waals surface area contributed by atoms with Crippen LogP contribution in [-0.4, -0.2) is 63.9 Å². The van der Waals surface area contributed by atoms with Gasteiger partial charge in [0, 0.05) is 44.1 Å². The fraction of sp³-hybridized carbons (Fsp3) is 0.231. The molecule has 0 spiro atoms. The molecule has 34 heavy (non-hydrogen) atoms. The summed E-state index contributed by atoms with van der Waals surface area (Å²) in [6.45, 7) is 2.09. The Morgan fingerprint density at radius 2 is 1.56 bits per heavy atom. The number of hydrogen-bond acceptors (Lipinski definition) is 5. The largest absolute Gasteiger partial charge is 0.489 e. The van der Waals surface area contributed by atoms with E-state index in [9.17, 15) is 14.4 Å². The van der Waals surface area contributed by atoms with Gasteiger partial charge in [0.1, 0.15) is 12.4 Å². The van der Waals surface area contributed by atoms with Gasteiger partial charge in [0.2, 0.25) is 5.91 Å². The quantitative estimate of drug-likeness (QED) is 0.583. The lowest BCUT2D eigenvalue weighted by Gasteiger charge is -2.35. The van der Waals surface area contributed by atoms with Crippen molar-refractivity contribution in [2.75, 3.05) is 26.2 Å². The zero-order chi connectivity index (χ0) is 23.9. The predicted molar refractivity (Wildman–Crippen MR) is 125 cm³/mol. The molecular weight excluding hydrogens is 434 g/mol. The summed E-state index contributed by atoms with van der Waals surface area (Å²) in [5.74, 6) is -0.551. The van der Waals surface area contributed by atoms with E-state index in [1.54, 1.807) is 64.7 Å². The summed E-state index contributed by atoms with van der Waals surface area (Å²) in [5.41, 5.74) is 2.30. The van der Waals surface area contributed by atoms with Crippen LogP contribution in [0.3, 0.4) is 0 Å². The van der Waals surface area contributed by atoms with Crippen molar-refractivity contribution in [3.8, 4) is 5.75 Å². The number of carboxylic acid groups (broad SMARTS) is 1. The fourth-order valence-corrected chi connectivity index (χ4v) is 3.81. The molecule has 174 valence electrons. The van der Waals surface area contributed by atoms with Crippen LogP contribution in [0, 0.1) is 0 Å². The van der Waals surface area contributed by atoms with E-state index >= 15 is 0 Å². The summed E-state index contributed by atoms with van der Waals surface area (Å²) in [6, 6.07) is 17.2. The molecule has 4 rings (SSSR count). The van der Waals surface area contributed by atoms with Crippen molar-refractivity contribution in [2.45, 2.75) is 13.0 Å². The second kappa shape index (κ2) is 10.6. The van der Waals surface area contributed by atoms with E-state index in [2.05, 4.69) is 4.98 Å². The van der Waals surface area contributed by atoms with E-state index in [0.717, 1.165) is 11.1 Å². The van der Waals surface area contributed by atoms with Crippen molar-refractivity contribution in [3.05, 3.63) is 95.3 Å². The van der Waals surface area contributed by atoms with Crippen molar-refractivity contribution >= 4 is 17.8 Å². The van der Waals surface area contributed by atoms with Crippen LogP contribution in [0.4, 0.5) is 0 Å². The summed E-state index contributed by atoms with van der Waals surface area (Å²) in [7, 11) is 0. The number of rotatable bonds is 7. The van der Waals surface area contributed by atoms with Crippen LogP contribution in [0.25, 0.3) is 0 Å². The van der Waals surface area contributed by atoms with Gasteiger partial charge in [-0.25, -0.2) is 4.79 Å². The van der Waals surface area contributed by atoms with Crippen LogP contribution >= 0.6 is 0 Å². The van der Waals surface area contributed by atoms with Crippen molar-refractivity contribution in [1.29, 1.82) is 0 Å². The number of pyridine rings is 1. The molecule has 1 saturated heterocycles. The van der Waals surface area contributed by atoms with Crippen molar-refractivity contribution in [2.24, 2.45) is 0 Å². The number of piperazine rings is 1. The topological polar surface area (TPSA) is 100 Å². The molecule has 0 atom stereocenters. The molecule has 0 bridgehead atoms. The fourth-order valence-electron chi connectivity index (χ4n) is 3.81. The number of carbonyl (C=O) groups excluding carboxylic acids is 2. The predicted octanol–water partition coefficient (Wildman–Crippen LogP) is 2.89. The minimum atomic E-state index is -0.992. The normalized spacial score (nSPS) is 13.4. The second-order valence-electron chi connectivity index (χ2n) is 8.03. The maximum atomic E-state index is 13.0. The molecule has 8 nitrogen and oxygen atoms in total. The van der Waals surface area contributed by atoms with Crippen LogP contribution in [0.1, 0.15) is 31.8 Å². The van der Waals surface area contributed by atoms with Gasteiger partial charge in [-0.15, -0.1) is 0 Å². The van der Waals surface area contributed by atoms with Gasteiger partial charge in [-0.3, -0.25) is 14.6 Å². The number of benzene rings is 2. The highest BCUT2D eigenvalue weighted by molar-refractivity contribution is 5.94. The van der Waals surface area contributed by atoms with Gasteiger partial charge >= 0.3 is 5.97 Å². The van der Waals surface area contributed by atoms with Gasteiger partial charge in [0.25, 0.3) is 5.91 Å². The molecular formula is C26H25N3O5. The molecule has 2 heterocycles. The monoisotopic (exact) mass is 459 g/mol. The number of carboxylic acids is 1. The molecule has 1 N–H and O–H groups in total. The van der Waals surface area contributed by atoms with Gasteiger partial charge in [-0.1, -0.05) is 24.3 Å². The molecule has 1 aromatic heterocycles. The molecule has 0 aliphatic carbocycles. The zero-order valence-corrected chi connectivity index (χ0v) is 18.6. The van der Waals surface area contributed by atoms with Crippen molar-refractivity contribution in [1.82, 2.24) is 14.8 Å². The Morgan fingerprint density at radius 1 is 0.853 bits per heavy atom. The molecule has 3 aromatic rings. The van der Waals surface area contributed by atoms with E-state index in [-0.39, 0.29) is 24.0 Å². The average molecular weight is 460 g/mol. The molecule has 2 aromatic carbocycles. The maximum Gasteiger partial charge on any atom is 0.335 e. The number of carbonyl (C=O) groups is 3. The molecule has 2 amide bonds. The Morgan fingerprint density at radius 3 is 2.29 bits per heavy atom. The van der Waals surface area contributed by atoms with E-state index in [0.29, 0.717) is 43.9 Å². The Bertz CT molecular complexity index is 1170. The first-order valence-corrected chi connectivity index (χ1v) is 11.0. The first-order valence-electron chi connectivity index (χ1n) is 11.0. The smallest absolute Gasteiger partial charge is 0.335 e. The van der Waals surface area contributed by atoms with E-state index in [1.165, 1.54) is 6.07 Å². The third-order valence-corrected chi connectivity index (χ3v) is 5.66. The van der Waals surface area contributed by atoms with Gasteiger partial charge in [0.15, 0.2) is 0 Å². The third-order valence-electron chi connectivity index (χ3n) is 5.66. The Balaban J connectivity index is 1.31. The highest BCUT2D eigenvalue weighted by Gasteiger charge is 2.25. The number of aromatic carboxylic acids is 1. The minimum Gasteiger partial charge on any atom is -0.489 e. The van der Waals surface area contributed by atoms with E-state index in [4.69, 9.17) is 9.84 Å². The molecule has 8 heteroatoms. The summed E-state index contributed by atoms with van der Waals surface area (Å²) in [5, 5.41) is 9.12. The van der Waals surface area contributed by atoms with Crippen LogP contribution in [-0.2, 0) is 17.8 Å². The zero-order valence-electron chi connectivity index (χ0n) is 18.6. The van der Waals surface area contributed by atoms with Crippen molar-refractivity contribution < 1.29 is 24.2 Å².